The largest absolute Gasteiger partial charge is 0.398 e. The van der Waals surface area contributed by atoms with E-state index in [2.05, 4.69) is 10.3 Å². The van der Waals surface area contributed by atoms with E-state index in [9.17, 15) is 4.79 Å². The lowest BCUT2D eigenvalue weighted by atomic mass is 10.1. The van der Waals surface area contributed by atoms with Gasteiger partial charge in [-0.05, 0) is 24.3 Å². The zero-order valence-corrected chi connectivity index (χ0v) is 10.7. The molecule has 0 fully saturated rings. The molecule has 4 nitrogen and oxygen atoms in total. The first-order valence-electron chi connectivity index (χ1n) is 5.04. The van der Waals surface area contributed by atoms with Crippen molar-refractivity contribution in [2.24, 2.45) is 0 Å². The van der Waals surface area contributed by atoms with E-state index in [1.165, 1.54) is 18.5 Å². The molecule has 0 aliphatic heterocycles. The van der Waals surface area contributed by atoms with Crippen LogP contribution in [-0.2, 0) is 0 Å². The zero-order valence-electron chi connectivity index (χ0n) is 9.15. The van der Waals surface area contributed by atoms with Crippen molar-refractivity contribution in [1.82, 2.24) is 4.98 Å². The molecule has 2 aromatic rings. The maximum Gasteiger partial charge on any atom is 0.257 e. The van der Waals surface area contributed by atoms with Gasteiger partial charge in [0.2, 0.25) is 0 Å². The number of rotatable bonds is 2. The van der Waals surface area contributed by atoms with Gasteiger partial charge < -0.3 is 11.1 Å². The minimum absolute atomic E-state index is 0.294. The van der Waals surface area contributed by atoms with Crippen molar-refractivity contribution < 1.29 is 4.79 Å². The van der Waals surface area contributed by atoms with Gasteiger partial charge in [0.15, 0.2) is 0 Å². The van der Waals surface area contributed by atoms with Crippen LogP contribution in [0.4, 0.5) is 11.4 Å². The molecule has 3 N–H and O–H groups in total. The highest BCUT2D eigenvalue weighted by Crippen LogP contribution is 2.22. The molecule has 0 saturated carbocycles. The summed E-state index contributed by atoms with van der Waals surface area (Å²) in [5.41, 5.74) is 6.77. The fourth-order valence-electron chi connectivity index (χ4n) is 1.38. The van der Waals surface area contributed by atoms with Crippen LogP contribution in [0.1, 0.15) is 10.4 Å². The van der Waals surface area contributed by atoms with Gasteiger partial charge in [-0.1, -0.05) is 23.2 Å². The summed E-state index contributed by atoms with van der Waals surface area (Å²) in [6.45, 7) is 0. The van der Waals surface area contributed by atoms with Gasteiger partial charge in [0, 0.05) is 16.9 Å². The summed E-state index contributed by atoms with van der Waals surface area (Å²) >= 11 is 11.7. The lowest BCUT2D eigenvalue weighted by molar-refractivity contribution is 0.102. The first kappa shape index (κ1) is 12.7. The molecular weight excluding hydrogens is 273 g/mol. The number of halogens is 2. The Kier molecular flexibility index (Phi) is 3.69. The Morgan fingerprint density at radius 2 is 2.06 bits per heavy atom. The van der Waals surface area contributed by atoms with Crippen molar-refractivity contribution in [3.63, 3.8) is 0 Å². The van der Waals surface area contributed by atoms with Crippen LogP contribution in [0.3, 0.4) is 0 Å². The van der Waals surface area contributed by atoms with Crippen LogP contribution in [0.5, 0.6) is 0 Å². The lowest BCUT2D eigenvalue weighted by Crippen LogP contribution is -2.14. The standard InChI is InChI=1S/C12H9Cl2N3O/c13-7-1-2-10(15)8(5-7)12(18)17-11-6-16-4-3-9(11)14/h1-6H,15H2,(H,17,18). The molecule has 0 saturated heterocycles. The number of nitrogen functional groups attached to an aromatic ring is 1. The van der Waals surface area contributed by atoms with Crippen LogP contribution in [0.15, 0.2) is 36.7 Å². The molecule has 1 amide bonds. The lowest BCUT2D eigenvalue weighted by Gasteiger charge is -2.08. The van der Waals surface area contributed by atoms with E-state index < -0.39 is 0 Å². The molecule has 6 heteroatoms. The maximum absolute atomic E-state index is 12.0. The van der Waals surface area contributed by atoms with Gasteiger partial charge in [-0.3, -0.25) is 9.78 Å². The van der Waals surface area contributed by atoms with E-state index >= 15 is 0 Å². The van der Waals surface area contributed by atoms with Crippen molar-refractivity contribution in [3.05, 3.63) is 52.3 Å². The van der Waals surface area contributed by atoms with Crippen LogP contribution in [0.2, 0.25) is 10.0 Å². The number of pyridine rings is 1. The van der Waals surface area contributed by atoms with Gasteiger partial charge in [0.1, 0.15) is 0 Å². The number of carbonyl (C=O) groups is 1. The van der Waals surface area contributed by atoms with Gasteiger partial charge in [0.05, 0.1) is 22.5 Å². The summed E-state index contributed by atoms with van der Waals surface area (Å²) in [5, 5.41) is 3.46. The van der Waals surface area contributed by atoms with Crippen LogP contribution in [0.25, 0.3) is 0 Å². The molecule has 18 heavy (non-hydrogen) atoms. The molecule has 0 spiro atoms. The Balaban J connectivity index is 2.28. The molecule has 2 rings (SSSR count). The highest BCUT2D eigenvalue weighted by molar-refractivity contribution is 6.34. The average Bonchev–Trinajstić information content (AvgIpc) is 2.35. The summed E-state index contributed by atoms with van der Waals surface area (Å²) in [4.78, 5) is 15.9. The summed E-state index contributed by atoms with van der Waals surface area (Å²) in [6.07, 6.45) is 2.99. The first-order valence-corrected chi connectivity index (χ1v) is 5.79. The second-order valence-corrected chi connectivity index (χ2v) is 4.38. The highest BCUT2D eigenvalue weighted by Gasteiger charge is 2.12. The summed E-state index contributed by atoms with van der Waals surface area (Å²) < 4.78 is 0. The van der Waals surface area contributed by atoms with E-state index in [-0.39, 0.29) is 5.91 Å². The maximum atomic E-state index is 12.0. The minimum atomic E-state index is -0.384. The number of hydrogen-bond acceptors (Lipinski definition) is 3. The Labute approximate surface area is 114 Å². The number of carbonyl (C=O) groups excluding carboxylic acids is 1. The third-order valence-corrected chi connectivity index (χ3v) is 2.84. The van der Waals surface area contributed by atoms with E-state index in [1.54, 1.807) is 18.2 Å². The molecule has 0 atom stereocenters. The third-order valence-electron chi connectivity index (χ3n) is 2.28. The van der Waals surface area contributed by atoms with Gasteiger partial charge in [0.25, 0.3) is 5.91 Å². The predicted octanol–water partition coefficient (Wildman–Crippen LogP) is 3.22. The number of amides is 1. The van der Waals surface area contributed by atoms with Crippen molar-refractivity contribution in [2.45, 2.75) is 0 Å². The number of nitrogens with zero attached hydrogens (tertiary/aromatic N) is 1. The Morgan fingerprint density at radius 1 is 1.28 bits per heavy atom. The van der Waals surface area contributed by atoms with Gasteiger partial charge in [-0.2, -0.15) is 0 Å². The van der Waals surface area contributed by atoms with Gasteiger partial charge in [-0.25, -0.2) is 0 Å². The fraction of sp³-hybridized carbons (Fsp3) is 0. The fourth-order valence-corrected chi connectivity index (χ4v) is 1.71. The van der Waals surface area contributed by atoms with Crippen molar-refractivity contribution >= 4 is 40.5 Å². The van der Waals surface area contributed by atoms with Crippen LogP contribution >= 0.6 is 23.2 Å². The van der Waals surface area contributed by atoms with Crippen LogP contribution in [0, 0.1) is 0 Å². The smallest absolute Gasteiger partial charge is 0.257 e. The summed E-state index contributed by atoms with van der Waals surface area (Å²) in [5.74, 6) is -0.384. The molecule has 0 aliphatic rings. The second kappa shape index (κ2) is 5.25. The molecule has 1 aromatic heterocycles. The number of anilines is 2. The Bertz CT molecular complexity index is 602. The Hall–Kier alpha value is -1.78. The number of nitrogens with one attached hydrogen (secondary N) is 1. The molecule has 0 unspecified atom stereocenters. The minimum Gasteiger partial charge on any atom is -0.398 e. The second-order valence-electron chi connectivity index (χ2n) is 3.54. The topological polar surface area (TPSA) is 68.0 Å². The molecule has 0 bridgehead atoms. The van der Waals surface area contributed by atoms with E-state index in [0.29, 0.717) is 27.0 Å². The van der Waals surface area contributed by atoms with Crippen molar-refractivity contribution in [1.29, 1.82) is 0 Å². The molecular formula is C12H9Cl2N3O. The molecule has 0 radical (unpaired) electrons. The van der Waals surface area contributed by atoms with Gasteiger partial charge in [-0.15, -0.1) is 0 Å². The quantitative estimate of drug-likeness (QED) is 0.831. The van der Waals surface area contributed by atoms with Crippen molar-refractivity contribution in [2.75, 3.05) is 11.1 Å². The number of nitrogens with two attached hydrogens (primary N) is 1. The zero-order chi connectivity index (χ0) is 13.1. The molecule has 92 valence electrons. The van der Waals surface area contributed by atoms with Crippen LogP contribution < -0.4 is 11.1 Å². The number of aromatic nitrogens is 1. The number of hydrogen-bond donors (Lipinski definition) is 2. The highest BCUT2D eigenvalue weighted by atomic mass is 35.5. The summed E-state index contributed by atoms with van der Waals surface area (Å²) in [7, 11) is 0. The number of benzene rings is 1. The summed E-state index contributed by atoms with van der Waals surface area (Å²) in [6, 6.07) is 6.27. The molecule has 1 heterocycles. The normalized spacial score (nSPS) is 10.1. The van der Waals surface area contributed by atoms with E-state index in [0.717, 1.165) is 0 Å². The van der Waals surface area contributed by atoms with E-state index in [4.69, 9.17) is 28.9 Å². The third kappa shape index (κ3) is 2.72. The van der Waals surface area contributed by atoms with Gasteiger partial charge >= 0.3 is 0 Å². The average molecular weight is 282 g/mol. The Morgan fingerprint density at radius 3 is 2.78 bits per heavy atom. The van der Waals surface area contributed by atoms with E-state index in [1.807, 2.05) is 0 Å². The SMILES string of the molecule is Nc1ccc(Cl)cc1C(=O)Nc1cnccc1Cl. The van der Waals surface area contributed by atoms with Crippen molar-refractivity contribution in [3.8, 4) is 0 Å². The molecule has 1 aromatic carbocycles. The molecule has 0 aliphatic carbocycles. The van der Waals surface area contributed by atoms with Crippen LogP contribution in [-0.4, -0.2) is 10.9 Å². The first-order chi connectivity index (χ1) is 8.58. The predicted molar refractivity (Wildman–Crippen MR) is 73.1 cm³/mol. The monoisotopic (exact) mass is 281 g/mol.